The lowest BCUT2D eigenvalue weighted by molar-refractivity contribution is -0.121. The maximum absolute atomic E-state index is 12.6. The number of hydrogen-bond donors (Lipinski definition) is 3. The van der Waals surface area contributed by atoms with E-state index in [0.29, 0.717) is 22.7 Å². The Labute approximate surface area is 194 Å². The SMILES string of the molecule is Cc1cc(OCC(=O)NC(=S)Nc2ccccc2C(=O)Nc2ccccc2)ccc1Br. The molecule has 3 aromatic carbocycles. The maximum atomic E-state index is 12.6. The van der Waals surface area contributed by atoms with Gasteiger partial charge in [0.05, 0.1) is 11.3 Å². The highest BCUT2D eigenvalue weighted by Gasteiger charge is 2.13. The zero-order valence-corrected chi connectivity index (χ0v) is 19.0. The summed E-state index contributed by atoms with van der Waals surface area (Å²) in [6, 6.07) is 21.5. The molecular weight excluding hydrogens is 478 g/mol. The van der Waals surface area contributed by atoms with Gasteiger partial charge in [-0.3, -0.25) is 14.9 Å². The quantitative estimate of drug-likeness (QED) is 0.422. The van der Waals surface area contributed by atoms with Crippen molar-refractivity contribution in [2.24, 2.45) is 0 Å². The van der Waals surface area contributed by atoms with Crippen molar-refractivity contribution in [3.63, 3.8) is 0 Å². The molecule has 0 saturated heterocycles. The highest BCUT2D eigenvalue weighted by molar-refractivity contribution is 9.10. The van der Waals surface area contributed by atoms with Gasteiger partial charge in [-0.15, -0.1) is 0 Å². The lowest BCUT2D eigenvalue weighted by atomic mass is 10.1. The predicted molar refractivity (Wildman–Crippen MR) is 130 cm³/mol. The van der Waals surface area contributed by atoms with Gasteiger partial charge in [0.2, 0.25) is 0 Å². The molecule has 31 heavy (non-hydrogen) atoms. The summed E-state index contributed by atoms with van der Waals surface area (Å²) in [5, 5.41) is 8.35. The molecule has 0 aliphatic rings. The number of para-hydroxylation sites is 2. The van der Waals surface area contributed by atoms with Crippen LogP contribution in [-0.4, -0.2) is 23.5 Å². The molecule has 2 amide bonds. The third kappa shape index (κ3) is 6.63. The van der Waals surface area contributed by atoms with Gasteiger partial charge in [-0.2, -0.15) is 0 Å². The van der Waals surface area contributed by atoms with Crippen LogP contribution < -0.4 is 20.7 Å². The Balaban J connectivity index is 1.57. The molecule has 3 aromatic rings. The largest absolute Gasteiger partial charge is 0.484 e. The standard InChI is InChI=1S/C23H20BrN3O3S/c1-15-13-17(11-12-19(15)24)30-14-21(28)27-23(31)26-20-10-6-5-9-18(20)22(29)25-16-7-3-2-4-8-16/h2-13H,14H2,1H3,(H,25,29)(H2,26,27,28,31). The van der Waals surface area contributed by atoms with Crippen LogP contribution in [0.4, 0.5) is 11.4 Å². The summed E-state index contributed by atoms with van der Waals surface area (Å²) in [5.41, 5.74) is 2.55. The highest BCUT2D eigenvalue weighted by atomic mass is 79.9. The molecule has 0 unspecified atom stereocenters. The summed E-state index contributed by atoms with van der Waals surface area (Å²) in [4.78, 5) is 24.8. The Morgan fingerprint density at radius 2 is 1.68 bits per heavy atom. The van der Waals surface area contributed by atoms with E-state index in [1.54, 1.807) is 42.5 Å². The first-order chi connectivity index (χ1) is 14.9. The fourth-order valence-corrected chi connectivity index (χ4v) is 3.15. The van der Waals surface area contributed by atoms with Gasteiger partial charge in [-0.1, -0.05) is 46.3 Å². The van der Waals surface area contributed by atoms with Gasteiger partial charge in [-0.25, -0.2) is 0 Å². The van der Waals surface area contributed by atoms with E-state index in [0.717, 1.165) is 10.0 Å². The fraction of sp³-hybridized carbons (Fsp3) is 0.0870. The van der Waals surface area contributed by atoms with Gasteiger partial charge in [-0.05, 0) is 67.2 Å². The molecule has 158 valence electrons. The number of rotatable bonds is 6. The number of anilines is 2. The molecule has 6 nitrogen and oxygen atoms in total. The molecule has 0 aliphatic heterocycles. The van der Waals surface area contributed by atoms with E-state index in [1.165, 1.54) is 0 Å². The Morgan fingerprint density at radius 1 is 0.968 bits per heavy atom. The van der Waals surface area contributed by atoms with Crippen molar-refractivity contribution in [3.8, 4) is 5.75 Å². The number of amides is 2. The van der Waals surface area contributed by atoms with Crippen molar-refractivity contribution in [1.29, 1.82) is 0 Å². The fourth-order valence-electron chi connectivity index (χ4n) is 2.68. The second-order valence-corrected chi connectivity index (χ2v) is 7.83. The van der Waals surface area contributed by atoms with Crippen molar-refractivity contribution < 1.29 is 14.3 Å². The van der Waals surface area contributed by atoms with Gasteiger partial charge in [0.15, 0.2) is 11.7 Å². The van der Waals surface area contributed by atoms with Crippen molar-refractivity contribution in [2.45, 2.75) is 6.92 Å². The van der Waals surface area contributed by atoms with Crippen LogP contribution in [0.3, 0.4) is 0 Å². The first-order valence-corrected chi connectivity index (χ1v) is 10.6. The summed E-state index contributed by atoms with van der Waals surface area (Å²) >= 11 is 8.64. The van der Waals surface area contributed by atoms with Gasteiger partial charge in [0, 0.05) is 10.2 Å². The predicted octanol–water partition coefficient (Wildman–Crippen LogP) is 4.90. The van der Waals surface area contributed by atoms with Crippen molar-refractivity contribution >= 4 is 56.4 Å². The zero-order chi connectivity index (χ0) is 22.2. The molecule has 0 fully saturated rings. The number of benzene rings is 3. The molecule has 0 bridgehead atoms. The van der Waals surface area contributed by atoms with Crippen LogP contribution in [0.2, 0.25) is 0 Å². The van der Waals surface area contributed by atoms with Gasteiger partial charge in [0.1, 0.15) is 5.75 Å². The molecule has 3 N–H and O–H groups in total. The number of aryl methyl sites for hydroxylation is 1. The molecule has 0 aromatic heterocycles. The van der Waals surface area contributed by atoms with E-state index in [2.05, 4.69) is 31.9 Å². The van der Waals surface area contributed by atoms with Crippen molar-refractivity contribution in [1.82, 2.24) is 5.32 Å². The van der Waals surface area contributed by atoms with Crippen LogP contribution in [0.25, 0.3) is 0 Å². The molecule has 0 aliphatic carbocycles. The normalized spacial score (nSPS) is 10.1. The van der Waals surface area contributed by atoms with Crippen molar-refractivity contribution in [2.75, 3.05) is 17.2 Å². The summed E-state index contributed by atoms with van der Waals surface area (Å²) in [6.45, 7) is 1.74. The molecule has 8 heteroatoms. The average Bonchev–Trinajstić information content (AvgIpc) is 2.75. The Hall–Kier alpha value is -3.23. The van der Waals surface area contributed by atoms with Crippen LogP contribution in [0, 0.1) is 6.92 Å². The van der Waals surface area contributed by atoms with Gasteiger partial charge in [0.25, 0.3) is 11.8 Å². The number of hydrogen-bond acceptors (Lipinski definition) is 4. The third-order valence-corrected chi connectivity index (χ3v) is 5.30. The van der Waals surface area contributed by atoms with Crippen LogP contribution in [0.15, 0.2) is 77.3 Å². The minimum atomic E-state index is -0.413. The van der Waals surface area contributed by atoms with Crippen LogP contribution in [0.1, 0.15) is 15.9 Å². The van der Waals surface area contributed by atoms with Crippen LogP contribution >= 0.6 is 28.1 Å². The molecule has 0 radical (unpaired) electrons. The Bertz CT molecular complexity index is 1110. The first-order valence-electron chi connectivity index (χ1n) is 9.37. The number of nitrogens with one attached hydrogen (secondary N) is 3. The van der Waals surface area contributed by atoms with Crippen molar-refractivity contribution in [3.05, 3.63) is 88.4 Å². The monoisotopic (exact) mass is 497 g/mol. The zero-order valence-electron chi connectivity index (χ0n) is 16.6. The summed E-state index contributed by atoms with van der Waals surface area (Å²) in [6.07, 6.45) is 0. The van der Waals surface area contributed by atoms with E-state index in [4.69, 9.17) is 17.0 Å². The van der Waals surface area contributed by atoms with Crippen LogP contribution in [-0.2, 0) is 4.79 Å². The maximum Gasteiger partial charge on any atom is 0.264 e. The van der Waals surface area contributed by atoms with E-state index in [-0.39, 0.29) is 17.6 Å². The molecule has 0 spiro atoms. The Kier molecular flexibility index (Phi) is 7.75. The number of thiocarbonyl (C=S) groups is 1. The molecular formula is C23H20BrN3O3S. The second-order valence-electron chi connectivity index (χ2n) is 6.57. The highest BCUT2D eigenvalue weighted by Crippen LogP contribution is 2.21. The summed E-state index contributed by atoms with van der Waals surface area (Å²) in [5.74, 6) is -0.126. The third-order valence-electron chi connectivity index (χ3n) is 4.20. The lowest BCUT2D eigenvalue weighted by Gasteiger charge is -2.14. The molecule has 0 heterocycles. The minimum Gasteiger partial charge on any atom is -0.484 e. The van der Waals surface area contributed by atoms with Crippen LogP contribution in [0.5, 0.6) is 5.75 Å². The topological polar surface area (TPSA) is 79.5 Å². The minimum absolute atomic E-state index is 0.0700. The van der Waals surface area contributed by atoms with Gasteiger partial charge < -0.3 is 15.4 Å². The van der Waals surface area contributed by atoms with E-state index >= 15 is 0 Å². The second kappa shape index (κ2) is 10.7. The number of carbonyl (C=O) groups excluding carboxylic acids is 2. The van der Waals surface area contributed by atoms with Gasteiger partial charge >= 0.3 is 0 Å². The molecule has 3 rings (SSSR count). The Morgan fingerprint density at radius 3 is 2.42 bits per heavy atom. The lowest BCUT2D eigenvalue weighted by Crippen LogP contribution is -2.37. The number of ether oxygens (including phenoxy) is 1. The molecule has 0 atom stereocenters. The summed E-state index contributed by atoms with van der Waals surface area (Å²) < 4.78 is 6.46. The average molecular weight is 498 g/mol. The summed E-state index contributed by atoms with van der Waals surface area (Å²) in [7, 11) is 0. The first kappa shape index (κ1) is 22.5. The van der Waals surface area contributed by atoms with E-state index in [9.17, 15) is 9.59 Å². The molecule has 0 saturated carbocycles. The van der Waals surface area contributed by atoms with E-state index < -0.39 is 5.91 Å². The smallest absolute Gasteiger partial charge is 0.264 e. The number of halogens is 1. The van der Waals surface area contributed by atoms with E-state index in [1.807, 2.05) is 37.3 Å². The number of carbonyl (C=O) groups is 2.